The Morgan fingerprint density at radius 1 is 1.10 bits per heavy atom. The lowest BCUT2D eigenvalue weighted by Gasteiger charge is -2.38. The molecule has 5 rings (SSSR count). The molecule has 0 aliphatic carbocycles. The monoisotopic (exact) mass is 749 g/mol. The number of esters is 1. The Morgan fingerprint density at radius 2 is 1.82 bits per heavy atom. The molecule has 3 heterocycles. The summed E-state index contributed by atoms with van der Waals surface area (Å²) in [5, 5.41) is 12.5. The molecule has 3 aliphatic rings. The van der Waals surface area contributed by atoms with E-state index >= 15 is 0 Å². The van der Waals surface area contributed by atoms with Gasteiger partial charge >= 0.3 is 5.97 Å². The van der Waals surface area contributed by atoms with Crippen molar-refractivity contribution in [1.29, 1.82) is 0 Å². The number of halogens is 1. The van der Waals surface area contributed by atoms with Crippen LogP contribution < -0.4 is 10.2 Å². The molecule has 2 aromatic carbocycles. The van der Waals surface area contributed by atoms with Crippen molar-refractivity contribution in [2.75, 3.05) is 31.2 Å². The van der Waals surface area contributed by atoms with Gasteiger partial charge in [0.25, 0.3) is 5.91 Å². The second kappa shape index (κ2) is 16.5. The number of likely N-dealkylation sites (tertiary alicyclic amines) is 1. The minimum absolute atomic E-state index is 0.0347. The zero-order valence-corrected chi connectivity index (χ0v) is 30.5. The van der Waals surface area contributed by atoms with Gasteiger partial charge < -0.3 is 29.7 Å². The van der Waals surface area contributed by atoms with Gasteiger partial charge in [-0.15, -0.1) is 13.2 Å². The van der Waals surface area contributed by atoms with Gasteiger partial charge in [-0.1, -0.05) is 76.6 Å². The van der Waals surface area contributed by atoms with Crippen molar-refractivity contribution in [3.63, 3.8) is 0 Å². The zero-order valence-electron chi connectivity index (χ0n) is 28.9. The van der Waals surface area contributed by atoms with Crippen molar-refractivity contribution in [2.24, 2.45) is 11.8 Å². The predicted octanol–water partition coefficient (Wildman–Crippen LogP) is 5.10. The van der Waals surface area contributed by atoms with Crippen LogP contribution >= 0.6 is 15.9 Å². The quantitative estimate of drug-likeness (QED) is 0.0999. The van der Waals surface area contributed by atoms with E-state index in [1.54, 1.807) is 22.0 Å². The van der Waals surface area contributed by atoms with E-state index in [-0.39, 0.29) is 49.4 Å². The summed E-state index contributed by atoms with van der Waals surface area (Å²) in [5.74, 6) is -3.17. The lowest BCUT2D eigenvalue weighted by atomic mass is 9.70. The number of aryl methyl sites for hydroxylation is 2. The van der Waals surface area contributed by atoms with Crippen LogP contribution in [0.3, 0.4) is 0 Å². The van der Waals surface area contributed by atoms with Gasteiger partial charge in [0.05, 0.1) is 24.0 Å². The van der Waals surface area contributed by atoms with Gasteiger partial charge in [-0.3, -0.25) is 19.2 Å². The van der Waals surface area contributed by atoms with E-state index in [2.05, 4.69) is 34.4 Å². The van der Waals surface area contributed by atoms with Crippen LogP contribution in [-0.4, -0.2) is 82.6 Å². The summed E-state index contributed by atoms with van der Waals surface area (Å²) in [6, 6.07) is 13.4. The van der Waals surface area contributed by atoms with E-state index in [4.69, 9.17) is 9.47 Å². The molecular formula is C39H48BrN3O7. The highest BCUT2D eigenvalue weighted by Gasteiger charge is 2.76. The maximum Gasteiger partial charge on any atom is 0.306 e. The van der Waals surface area contributed by atoms with Crippen molar-refractivity contribution in [1.82, 2.24) is 10.2 Å². The van der Waals surface area contributed by atoms with Gasteiger partial charge in [-0.25, -0.2) is 0 Å². The summed E-state index contributed by atoms with van der Waals surface area (Å²) in [7, 11) is 0. The van der Waals surface area contributed by atoms with Crippen LogP contribution in [0.25, 0.3) is 0 Å². The van der Waals surface area contributed by atoms with Crippen LogP contribution in [0.15, 0.2) is 73.8 Å². The van der Waals surface area contributed by atoms with E-state index in [1.165, 1.54) is 0 Å². The van der Waals surface area contributed by atoms with Crippen LogP contribution in [-0.2, 0) is 28.7 Å². The standard InChI is InChI=1S/C39H48BrN3O7/c1-5-7-19-30(45)49-24-29(27-17-10-8-11-18-27)41-36(46)31-32-37(47)43(21-12-9-13-22-44)35(39(32)23-28(40)34(31)50-39)38(48)42(20-6-2)33-25(3)15-14-16-26(33)4/h5-6,8,10-11,14-18,28-29,31-32,34-35,44H,1-2,7,9,12-13,19-24H2,3-4H3,(H,41,46)/t28?,29-,31+,32-,34+,35+,39-/m1/s1. The van der Waals surface area contributed by atoms with Crippen LogP contribution in [0, 0.1) is 25.7 Å². The normalized spacial score (nSPS) is 25.6. The number of carbonyl (C=O) groups excluding carboxylic acids is 4. The number of benzene rings is 2. The van der Waals surface area contributed by atoms with Crippen LogP contribution in [0.5, 0.6) is 0 Å². The SMILES string of the molecule is C=CCCC(=O)OC[C@@H](NC(=O)[C@@H]1[C@H]2O[C@@]3(CC2Br)[C@H](C(=O)N(CC=C)c2c(C)cccc2C)N(CCCCCO)C(=O)[C@@H]13)c1ccccc1. The summed E-state index contributed by atoms with van der Waals surface area (Å²) in [6.07, 6.45) is 5.51. The molecule has 11 heteroatoms. The highest BCUT2D eigenvalue weighted by molar-refractivity contribution is 9.09. The first kappa shape index (κ1) is 37.5. The number of unbranched alkanes of at least 4 members (excludes halogenated alkanes) is 2. The van der Waals surface area contributed by atoms with Crippen molar-refractivity contribution >= 4 is 45.3 Å². The van der Waals surface area contributed by atoms with E-state index < -0.39 is 47.5 Å². The fourth-order valence-corrected chi connectivity index (χ4v) is 8.90. The number of allylic oxidation sites excluding steroid dienone is 1. The van der Waals surface area contributed by atoms with E-state index in [1.807, 2.05) is 62.4 Å². The zero-order chi connectivity index (χ0) is 36.0. The van der Waals surface area contributed by atoms with Gasteiger partial charge in [0.1, 0.15) is 18.2 Å². The Morgan fingerprint density at radius 3 is 2.48 bits per heavy atom. The van der Waals surface area contributed by atoms with Gasteiger partial charge in [0.2, 0.25) is 11.8 Å². The van der Waals surface area contributed by atoms with Gasteiger partial charge in [0.15, 0.2) is 0 Å². The molecule has 2 bridgehead atoms. The number of anilines is 1. The van der Waals surface area contributed by atoms with Crippen molar-refractivity contribution < 1.29 is 33.8 Å². The fourth-order valence-electron chi connectivity index (χ4n) is 7.96. The number of hydrogen-bond acceptors (Lipinski definition) is 7. The number of nitrogens with one attached hydrogen (secondary N) is 1. The lowest BCUT2D eigenvalue weighted by Crippen LogP contribution is -2.57. The van der Waals surface area contributed by atoms with Crippen molar-refractivity contribution in [3.8, 4) is 0 Å². The topological polar surface area (TPSA) is 125 Å². The van der Waals surface area contributed by atoms with Crippen molar-refractivity contribution in [2.45, 2.75) is 81.0 Å². The van der Waals surface area contributed by atoms with Crippen LogP contribution in [0.2, 0.25) is 0 Å². The summed E-state index contributed by atoms with van der Waals surface area (Å²) in [5.41, 5.74) is 2.09. The third-order valence-electron chi connectivity index (χ3n) is 10.2. The number of ether oxygens (including phenoxy) is 2. The van der Waals surface area contributed by atoms with E-state index in [0.29, 0.717) is 32.1 Å². The number of aliphatic hydroxyl groups excluding tert-OH is 1. The Balaban J connectivity index is 1.50. The molecule has 50 heavy (non-hydrogen) atoms. The molecular weight excluding hydrogens is 702 g/mol. The summed E-state index contributed by atoms with van der Waals surface area (Å²) in [4.78, 5) is 59.5. The number of aliphatic hydroxyl groups is 1. The maximum atomic E-state index is 15.0. The molecule has 10 nitrogen and oxygen atoms in total. The Bertz CT molecular complexity index is 1560. The van der Waals surface area contributed by atoms with Gasteiger partial charge in [0, 0.05) is 36.6 Å². The fraction of sp³-hybridized carbons (Fsp3) is 0.487. The van der Waals surface area contributed by atoms with Gasteiger partial charge in [-0.05, 0) is 62.6 Å². The number of para-hydroxylation sites is 1. The highest BCUT2D eigenvalue weighted by atomic mass is 79.9. The number of nitrogens with zero attached hydrogens (tertiary/aromatic N) is 2. The lowest BCUT2D eigenvalue weighted by molar-refractivity contribution is -0.145. The minimum Gasteiger partial charge on any atom is -0.463 e. The number of fused-ring (bicyclic) bond motifs is 1. The van der Waals surface area contributed by atoms with Crippen LogP contribution in [0.1, 0.15) is 61.3 Å². The molecule has 0 aromatic heterocycles. The molecule has 3 amide bonds. The Kier molecular flexibility index (Phi) is 12.3. The van der Waals surface area contributed by atoms with Crippen LogP contribution in [0.4, 0.5) is 5.69 Å². The molecule has 7 atom stereocenters. The molecule has 3 aliphatic heterocycles. The Hall–Kier alpha value is -3.80. The summed E-state index contributed by atoms with van der Waals surface area (Å²) >= 11 is 3.76. The first-order valence-electron chi connectivity index (χ1n) is 17.4. The molecule has 0 saturated carbocycles. The Labute approximate surface area is 303 Å². The van der Waals surface area contributed by atoms with Gasteiger partial charge in [-0.2, -0.15) is 0 Å². The highest BCUT2D eigenvalue weighted by Crippen LogP contribution is 2.60. The second-order valence-electron chi connectivity index (χ2n) is 13.4. The molecule has 3 fully saturated rings. The summed E-state index contributed by atoms with van der Waals surface area (Å²) < 4.78 is 12.3. The molecule has 268 valence electrons. The number of hydrogen-bond donors (Lipinski definition) is 2. The first-order chi connectivity index (χ1) is 24.1. The predicted molar refractivity (Wildman–Crippen MR) is 195 cm³/mol. The third kappa shape index (κ3) is 7.31. The first-order valence-corrected chi connectivity index (χ1v) is 18.3. The van der Waals surface area contributed by atoms with E-state index in [9.17, 15) is 24.3 Å². The maximum absolute atomic E-state index is 15.0. The number of amides is 3. The second-order valence-corrected chi connectivity index (χ2v) is 14.6. The number of rotatable bonds is 17. The van der Waals surface area contributed by atoms with E-state index in [0.717, 1.165) is 22.4 Å². The molecule has 1 unspecified atom stereocenters. The average molecular weight is 751 g/mol. The minimum atomic E-state index is -1.25. The molecule has 2 N–H and O–H groups in total. The summed E-state index contributed by atoms with van der Waals surface area (Å²) in [6.45, 7) is 11.9. The molecule has 2 aromatic rings. The molecule has 3 saturated heterocycles. The average Bonchev–Trinajstić information content (AvgIpc) is 3.70. The van der Waals surface area contributed by atoms with Crippen molar-refractivity contribution in [3.05, 3.63) is 90.5 Å². The number of carbonyl (C=O) groups is 4. The smallest absolute Gasteiger partial charge is 0.306 e. The molecule has 0 radical (unpaired) electrons. The number of alkyl halides is 1. The largest absolute Gasteiger partial charge is 0.463 e. The molecule has 1 spiro atoms. The third-order valence-corrected chi connectivity index (χ3v) is 11.0.